The molecule has 0 aliphatic carbocycles. The number of carbonyl (C=O) groups excluding carboxylic acids is 1. The van der Waals surface area contributed by atoms with Crippen LogP contribution in [0, 0.1) is 0 Å². The highest BCUT2D eigenvalue weighted by molar-refractivity contribution is 6.30. The molecule has 8 nitrogen and oxygen atoms in total. The van der Waals surface area contributed by atoms with Gasteiger partial charge in [-0.05, 0) is 43.5 Å². The standard InChI is InChI=1S/C22H25ClN4O2.CH2O2/c23-17-8-9-21-24-19(15-27(21)13-17)22(29)25-18-14-26(12-10-20(18)28)11-4-7-16-5-2-1-3-6-16;2-1-3/h1-3,5-6,8-9,13,15,18,20,28H,4,7,10-12,14H2,(H,25,29);1H,(H,2,3)/t18-,20+;/m1./s1. The number of hydrogen-bond acceptors (Lipinski definition) is 5. The number of likely N-dealkylation sites (tertiary alicyclic amines) is 1. The predicted molar refractivity (Wildman–Crippen MR) is 122 cm³/mol. The van der Waals surface area contributed by atoms with E-state index >= 15 is 0 Å². The Kier molecular flexibility index (Phi) is 8.61. The molecule has 1 aromatic carbocycles. The maximum Gasteiger partial charge on any atom is 0.290 e. The molecular formula is C23H27ClN4O4. The van der Waals surface area contributed by atoms with E-state index in [0.29, 0.717) is 29.3 Å². The number of rotatable bonds is 6. The number of amides is 1. The molecule has 1 fully saturated rings. The summed E-state index contributed by atoms with van der Waals surface area (Å²) in [5.74, 6) is -0.278. The van der Waals surface area contributed by atoms with E-state index in [4.69, 9.17) is 21.5 Å². The fraction of sp³-hybridized carbons (Fsp3) is 0.348. The summed E-state index contributed by atoms with van der Waals surface area (Å²) in [4.78, 5) is 27.7. The average molecular weight is 459 g/mol. The predicted octanol–water partition coefficient (Wildman–Crippen LogP) is 2.49. The van der Waals surface area contributed by atoms with Gasteiger partial charge in [-0.15, -0.1) is 0 Å². The van der Waals surface area contributed by atoms with Crippen molar-refractivity contribution >= 4 is 29.6 Å². The Morgan fingerprint density at radius 3 is 2.72 bits per heavy atom. The molecule has 170 valence electrons. The number of aliphatic hydroxyl groups excluding tert-OH is 1. The smallest absolute Gasteiger partial charge is 0.290 e. The number of nitrogens with one attached hydrogen (secondary N) is 1. The summed E-state index contributed by atoms with van der Waals surface area (Å²) in [6, 6.07) is 13.6. The van der Waals surface area contributed by atoms with Crippen LogP contribution in [0.3, 0.4) is 0 Å². The minimum atomic E-state index is -0.546. The number of fused-ring (bicyclic) bond motifs is 1. The Labute approximate surface area is 191 Å². The lowest BCUT2D eigenvalue weighted by atomic mass is 10.0. The highest BCUT2D eigenvalue weighted by atomic mass is 35.5. The largest absolute Gasteiger partial charge is 0.483 e. The second-order valence-corrected chi connectivity index (χ2v) is 8.11. The lowest BCUT2D eigenvalue weighted by Crippen LogP contribution is -2.55. The minimum absolute atomic E-state index is 0.250. The van der Waals surface area contributed by atoms with Gasteiger partial charge in [0.25, 0.3) is 12.4 Å². The number of aryl methyl sites for hydroxylation is 1. The number of imidazole rings is 1. The van der Waals surface area contributed by atoms with Gasteiger partial charge in [0.05, 0.1) is 17.2 Å². The van der Waals surface area contributed by atoms with E-state index < -0.39 is 6.10 Å². The maximum atomic E-state index is 12.7. The van der Waals surface area contributed by atoms with Gasteiger partial charge in [-0.2, -0.15) is 0 Å². The van der Waals surface area contributed by atoms with Crippen molar-refractivity contribution < 1.29 is 19.8 Å². The number of aliphatic hydroxyl groups is 1. The summed E-state index contributed by atoms with van der Waals surface area (Å²) < 4.78 is 1.73. The van der Waals surface area contributed by atoms with Crippen LogP contribution < -0.4 is 5.32 Å². The van der Waals surface area contributed by atoms with Crippen LogP contribution in [0.25, 0.3) is 5.65 Å². The molecule has 4 rings (SSSR count). The first-order valence-electron chi connectivity index (χ1n) is 10.5. The molecule has 1 aliphatic heterocycles. The maximum absolute atomic E-state index is 12.7. The molecule has 1 saturated heterocycles. The summed E-state index contributed by atoms with van der Waals surface area (Å²) in [6.07, 6.45) is 5.55. The molecule has 2 atom stereocenters. The lowest BCUT2D eigenvalue weighted by molar-refractivity contribution is -0.122. The Bertz CT molecular complexity index is 1030. The van der Waals surface area contributed by atoms with Crippen LogP contribution in [-0.2, 0) is 11.2 Å². The van der Waals surface area contributed by atoms with E-state index in [2.05, 4.69) is 39.5 Å². The van der Waals surface area contributed by atoms with Gasteiger partial charge < -0.3 is 24.8 Å². The zero-order chi connectivity index (χ0) is 22.9. The number of carbonyl (C=O) groups is 2. The molecule has 9 heteroatoms. The number of pyridine rings is 1. The number of hydrogen-bond donors (Lipinski definition) is 3. The van der Waals surface area contributed by atoms with Gasteiger partial charge in [-0.25, -0.2) is 4.98 Å². The molecular weight excluding hydrogens is 432 g/mol. The zero-order valence-electron chi connectivity index (χ0n) is 17.6. The number of aromatic nitrogens is 2. The monoisotopic (exact) mass is 458 g/mol. The van der Waals surface area contributed by atoms with Crippen molar-refractivity contribution in [2.75, 3.05) is 19.6 Å². The molecule has 3 heterocycles. The molecule has 0 bridgehead atoms. The third-order valence-electron chi connectivity index (χ3n) is 5.41. The Hall–Kier alpha value is -2.94. The first kappa shape index (κ1) is 23.7. The molecule has 0 unspecified atom stereocenters. The number of halogens is 1. The van der Waals surface area contributed by atoms with Gasteiger partial charge in [-0.1, -0.05) is 41.9 Å². The van der Waals surface area contributed by atoms with Gasteiger partial charge in [-0.3, -0.25) is 9.59 Å². The van der Waals surface area contributed by atoms with Crippen molar-refractivity contribution in [2.24, 2.45) is 0 Å². The third-order valence-corrected chi connectivity index (χ3v) is 5.63. The second-order valence-electron chi connectivity index (χ2n) is 7.67. The minimum Gasteiger partial charge on any atom is -0.483 e. The lowest BCUT2D eigenvalue weighted by Gasteiger charge is -2.36. The number of carboxylic acid groups (broad SMARTS) is 1. The van der Waals surface area contributed by atoms with Crippen LogP contribution in [0.2, 0.25) is 5.02 Å². The summed E-state index contributed by atoms with van der Waals surface area (Å²) >= 11 is 5.99. The van der Waals surface area contributed by atoms with Crippen molar-refractivity contribution in [1.82, 2.24) is 19.6 Å². The van der Waals surface area contributed by atoms with E-state index in [1.807, 2.05) is 6.07 Å². The van der Waals surface area contributed by atoms with Crippen molar-refractivity contribution in [2.45, 2.75) is 31.4 Å². The SMILES string of the molecule is O=C(N[C@@H]1CN(CCCc2ccccc2)CC[C@@H]1O)c1cn2cc(Cl)ccc2n1.O=CO. The fourth-order valence-electron chi connectivity index (χ4n) is 3.82. The van der Waals surface area contributed by atoms with Crippen LogP contribution in [0.15, 0.2) is 54.9 Å². The van der Waals surface area contributed by atoms with E-state index in [1.165, 1.54) is 5.56 Å². The topological polar surface area (TPSA) is 107 Å². The van der Waals surface area contributed by atoms with E-state index in [9.17, 15) is 9.90 Å². The Morgan fingerprint density at radius 2 is 1.97 bits per heavy atom. The van der Waals surface area contributed by atoms with Crippen molar-refractivity contribution in [3.05, 3.63) is 71.1 Å². The van der Waals surface area contributed by atoms with Crippen LogP contribution in [0.1, 0.15) is 28.9 Å². The molecule has 3 aromatic rings. The van der Waals surface area contributed by atoms with E-state index in [-0.39, 0.29) is 18.4 Å². The van der Waals surface area contributed by atoms with Gasteiger partial charge in [0, 0.05) is 25.5 Å². The Morgan fingerprint density at radius 1 is 1.22 bits per heavy atom. The third kappa shape index (κ3) is 6.53. The normalized spacial score (nSPS) is 18.6. The van der Waals surface area contributed by atoms with Gasteiger partial charge in [0.1, 0.15) is 11.3 Å². The molecule has 1 aliphatic rings. The number of benzene rings is 1. The molecule has 3 N–H and O–H groups in total. The van der Waals surface area contributed by atoms with Gasteiger partial charge in [0.2, 0.25) is 0 Å². The molecule has 0 radical (unpaired) electrons. The van der Waals surface area contributed by atoms with Gasteiger partial charge >= 0.3 is 0 Å². The van der Waals surface area contributed by atoms with Crippen LogP contribution in [0.4, 0.5) is 0 Å². The molecule has 1 amide bonds. The highest BCUT2D eigenvalue weighted by Gasteiger charge is 2.29. The van der Waals surface area contributed by atoms with Crippen molar-refractivity contribution in [3.8, 4) is 0 Å². The molecule has 2 aromatic heterocycles. The molecule has 32 heavy (non-hydrogen) atoms. The molecule has 0 saturated carbocycles. The summed E-state index contributed by atoms with van der Waals surface area (Å²) in [6.45, 7) is 2.18. The summed E-state index contributed by atoms with van der Waals surface area (Å²) in [5.41, 5.74) is 2.31. The fourth-order valence-corrected chi connectivity index (χ4v) is 3.99. The van der Waals surface area contributed by atoms with Crippen molar-refractivity contribution in [3.63, 3.8) is 0 Å². The van der Waals surface area contributed by atoms with Crippen LogP contribution >= 0.6 is 11.6 Å². The molecule has 0 spiro atoms. The van der Waals surface area contributed by atoms with E-state index in [0.717, 1.165) is 25.9 Å². The highest BCUT2D eigenvalue weighted by Crippen LogP contribution is 2.15. The Balaban J connectivity index is 0.000000913. The van der Waals surface area contributed by atoms with Crippen LogP contribution in [-0.4, -0.2) is 68.7 Å². The summed E-state index contributed by atoms with van der Waals surface area (Å²) in [7, 11) is 0. The van der Waals surface area contributed by atoms with E-state index in [1.54, 1.807) is 28.9 Å². The van der Waals surface area contributed by atoms with Gasteiger partial charge in [0.15, 0.2) is 0 Å². The first-order chi connectivity index (χ1) is 15.5. The quantitative estimate of drug-likeness (QED) is 0.490. The zero-order valence-corrected chi connectivity index (χ0v) is 18.4. The number of nitrogens with zero attached hydrogens (tertiary/aromatic N) is 3. The summed E-state index contributed by atoms with van der Waals surface area (Å²) in [5, 5.41) is 20.8. The average Bonchev–Trinajstić information content (AvgIpc) is 3.21. The number of piperidine rings is 1. The van der Waals surface area contributed by atoms with Crippen molar-refractivity contribution in [1.29, 1.82) is 0 Å². The second kappa shape index (κ2) is 11.6. The van der Waals surface area contributed by atoms with Crippen LogP contribution in [0.5, 0.6) is 0 Å². The first-order valence-corrected chi connectivity index (χ1v) is 10.8.